The molecule has 1 heterocycles. The first kappa shape index (κ1) is 9.01. The molecule has 2 heteroatoms. The van der Waals surface area contributed by atoms with E-state index >= 15 is 0 Å². The lowest BCUT2D eigenvalue weighted by molar-refractivity contribution is 0.0587. The molecular formula is C9H19NO. The molecule has 2 N–H and O–H groups in total. The summed E-state index contributed by atoms with van der Waals surface area (Å²) < 4.78 is 0. The Labute approximate surface area is 69.0 Å². The molecule has 1 saturated heterocycles. The predicted octanol–water partition coefficient (Wildman–Crippen LogP) is 1.15. The van der Waals surface area contributed by atoms with Crippen LogP contribution in [-0.2, 0) is 0 Å². The molecular weight excluding hydrogens is 138 g/mol. The molecule has 0 aromatic rings. The minimum atomic E-state index is -0.149. The minimum absolute atomic E-state index is 0.149. The van der Waals surface area contributed by atoms with Crippen molar-refractivity contribution in [2.45, 2.75) is 45.8 Å². The topological polar surface area (TPSA) is 32.3 Å². The molecule has 1 aliphatic rings. The number of aliphatic hydroxyl groups excluding tert-OH is 1. The molecule has 2 nitrogen and oxygen atoms in total. The lowest BCUT2D eigenvalue weighted by Crippen LogP contribution is -2.51. The van der Waals surface area contributed by atoms with E-state index in [-0.39, 0.29) is 11.5 Å². The van der Waals surface area contributed by atoms with Gasteiger partial charge in [0.05, 0.1) is 6.10 Å². The van der Waals surface area contributed by atoms with E-state index in [1.165, 1.54) is 0 Å². The van der Waals surface area contributed by atoms with Crippen molar-refractivity contribution in [1.29, 1.82) is 0 Å². The second-order valence-electron chi connectivity index (χ2n) is 4.68. The second-order valence-corrected chi connectivity index (χ2v) is 4.68. The number of hydrogen-bond donors (Lipinski definition) is 2. The van der Waals surface area contributed by atoms with Gasteiger partial charge < -0.3 is 10.4 Å². The van der Waals surface area contributed by atoms with Gasteiger partial charge in [0.25, 0.3) is 0 Å². The van der Waals surface area contributed by atoms with Gasteiger partial charge in [-0.25, -0.2) is 0 Å². The molecule has 0 aliphatic carbocycles. The molecule has 0 spiro atoms. The van der Waals surface area contributed by atoms with Gasteiger partial charge in [-0.15, -0.1) is 0 Å². The van der Waals surface area contributed by atoms with Crippen molar-refractivity contribution in [3.8, 4) is 0 Å². The molecule has 66 valence electrons. The Kier molecular flexibility index (Phi) is 2.55. The SMILES string of the molecule is CC(C)(C)CC(O)C1CCN1. The third-order valence-corrected chi connectivity index (χ3v) is 2.15. The fourth-order valence-corrected chi connectivity index (χ4v) is 1.41. The zero-order valence-corrected chi connectivity index (χ0v) is 7.72. The van der Waals surface area contributed by atoms with E-state index in [0.29, 0.717) is 6.04 Å². The maximum atomic E-state index is 9.64. The summed E-state index contributed by atoms with van der Waals surface area (Å²) >= 11 is 0. The largest absolute Gasteiger partial charge is 0.391 e. The van der Waals surface area contributed by atoms with Crippen LogP contribution in [0.4, 0.5) is 0 Å². The summed E-state index contributed by atoms with van der Waals surface area (Å²) in [6.45, 7) is 7.56. The van der Waals surface area contributed by atoms with E-state index < -0.39 is 0 Å². The lowest BCUT2D eigenvalue weighted by Gasteiger charge is -2.35. The molecule has 0 amide bonds. The number of hydrogen-bond acceptors (Lipinski definition) is 2. The standard InChI is InChI=1S/C9H19NO/c1-9(2,3)6-8(11)7-4-5-10-7/h7-8,10-11H,4-6H2,1-3H3. The zero-order chi connectivity index (χ0) is 8.48. The maximum Gasteiger partial charge on any atom is 0.0698 e. The molecule has 11 heavy (non-hydrogen) atoms. The Morgan fingerprint density at radius 2 is 2.09 bits per heavy atom. The molecule has 2 atom stereocenters. The van der Waals surface area contributed by atoms with Gasteiger partial charge in [-0.1, -0.05) is 20.8 Å². The van der Waals surface area contributed by atoms with Gasteiger partial charge in [-0.3, -0.25) is 0 Å². The van der Waals surface area contributed by atoms with E-state index in [0.717, 1.165) is 19.4 Å². The molecule has 0 radical (unpaired) electrons. The van der Waals surface area contributed by atoms with Gasteiger partial charge in [0.15, 0.2) is 0 Å². The Hall–Kier alpha value is -0.0800. The molecule has 0 saturated carbocycles. The molecule has 1 aliphatic heterocycles. The van der Waals surface area contributed by atoms with E-state index in [2.05, 4.69) is 26.1 Å². The predicted molar refractivity (Wildman–Crippen MR) is 46.5 cm³/mol. The van der Waals surface area contributed by atoms with Gasteiger partial charge in [0.2, 0.25) is 0 Å². The van der Waals surface area contributed by atoms with Crippen LogP contribution in [0.2, 0.25) is 0 Å². The monoisotopic (exact) mass is 157 g/mol. The molecule has 1 rings (SSSR count). The van der Waals surface area contributed by atoms with E-state index in [1.807, 2.05) is 0 Å². The van der Waals surface area contributed by atoms with Crippen LogP contribution >= 0.6 is 0 Å². The van der Waals surface area contributed by atoms with Crippen molar-refractivity contribution in [2.75, 3.05) is 6.54 Å². The summed E-state index contributed by atoms with van der Waals surface area (Å²) in [6.07, 6.45) is 1.88. The Balaban J connectivity index is 2.24. The fraction of sp³-hybridized carbons (Fsp3) is 1.00. The first-order chi connectivity index (χ1) is 4.99. The zero-order valence-electron chi connectivity index (χ0n) is 7.72. The highest BCUT2D eigenvalue weighted by Gasteiger charge is 2.28. The normalized spacial score (nSPS) is 27.8. The molecule has 0 bridgehead atoms. The summed E-state index contributed by atoms with van der Waals surface area (Å²) in [7, 11) is 0. The summed E-state index contributed by atoms with van der Waals surface area (Å²) in [6, 6.07) is 0.370. The van der Waals surface area contributed by atoms with Crippen molar-refractivity contribution in [1.82, 2.24) is 5.32 Å². The minimum Gasteiger partial charge on any atom is -0.391 e. The van der Waals surface area contributed by atoms with Gasteiger partial charge >= 0.3 is 0 Å². The summed E-state index contributed by atoms with van der Waals surface area (Å²) in [4.78, 5) is 0. The van der Waals surface area contributed by atoms with Crippen molar-refractivity contribution < 1.29 is 5.11 Å². The smallest absolute Gasteiger partial charge is 0.0698 e. The van der Waals surface area contributed by atoms with Gasteiger partial charge in [0.1, 0.15) is 0 Å². The number of aliphatic hydroxyl groups is 1. The van der Waals surface area contributed by atoms with Crippen LogP contribution < -0.4 is 5.32 Å². The quantitative estimate of drug-likeness (QED) is 0.630. The first-order valence-corrected chi connectivity index (χ1v) is 4.40. The van der Waals surface area contributed by atoms with Crippen molar-refractivity contribution in [2.24, 2.45) is 5.41 Å². The van der Waals surface area contributed by atoms with E-state index in [9.17, 15) is 5.11 Å². The summed E-state index contributed by atoms with van der Waals surface area (Å²) in [5.41, 5.74) is 0.247. The van der Waals surface area contributed by atoms with Gasteiger partial charge in [0, 0.05) is 6.04 Å². The van der Waals surface area contributed by atoms with Crippen molar-refractivity contribution in [3.05, 3.63) is 0 Å². The molecule has 0 aromatic heterocycles. The maximum absolute atomic E-state index is 9.64. The number of rotatable bonds is 2. The molecule has 2 unspecified atom stereocenters. The second kappa shape index (κ2) is 3.11. The summed E-state index contributed by atoms with van der Waals surface area (Å²) in [5, 5.41) is 12.9. The Morgan fingerprint density at radius 3 is 2.36 bits per heavy atom. The van der Waals surface area contributed by atoms with Crippen LogP contribution in [0.5, 0.6) is 0 Å². The summed E-state index contributed by atoms with van der Waals surface area (Å²) in [5.74, 6) is 0. The fourth-order valence-electron chi connectivity index (χ4n) is 1.41. The van der Waals surface area contributed by atoms with Crippen LogP contribution in [0, 0.1) is 5.41 Å². The van der Waals surface area contributed by atoms with Crippen LogP contribution in [-0.4, -0.2) is 23.8 Å². The van der Waals surface area contributed by atoms with Gasteiger partial charge in [-0.05, 0) is 24.8 Å². The van der Waals surface area contributed by atoms with Crippen molar-refractivity contribution >= 4 is 0 Å². The van der Waals surface area contributed by atoms with Gasteiger partial charge in [-0.2, -0.15) is 0 Å². The average Bonchev–Trinajstić information content (AvgIpc) is 1.50. The lowest BCUT2D eigenvalue weighted by atomic mass is 9.84. The third-order valence-electron chi connectivity index (χ3n) is 2.15. The Morgan fingerprint density at radius 1 is 1.55 bits per heavy atom. The first-order valence-electron chi connectivity index (χ1n) is 4.40. The van der Waals surface area contributed by atoms with Crippen molar-refractivity contribution in [3.63, 3.8) is 0 Å². The Bertz CT molecular complexity index is 124. The highest BCUT2D eigenvalue weighted by molar-refractivity contribution is 4.86. The average molecular weight is 157 g/mol. The highest BCUT2D eigenvalue weighted by atomic mass is 16.3. The molecule has 1 fully saturated rings. The van der Waals surface area contributed by atoms with Crippen LogP contribution in [0.25, 0.3) is 0 Å². The van der Waals surface area contributed by atoms with E-state index in [1.54, 1.807) is 0 Å². The van der Waals surface area contributed by atoms with Crippen LogP contribution in [0.1, 0.15) is 33.6 Å². The van der Waals surface area contributed by atoms with E-state index in [4.69, 9.17) is 0 Å². The van der Waals surface area contributed by atoms with Crippen LogP contribution in [0.15, 0.2) is 0 Å². The number of nitrogens with one attached hydrogen (secondary N) is 1. The molecule has 0 aromatic carbocycles. The van der Waals surface area contributed by atoms with Crippen LogP contribution in [0.3, 0.4) is 0 Å². The third kappa shape index (κ3) is 2.80. The highest BCUT2D eigenvalue weighted by Crippen LogP contribution is 2.24.